The molecule has 1 aromatic heterocycles. The molecule has 0 aliphatic heterocycles. The Morgan fingerprint density at radius 2 is 1.56 bits per heavy atom. The molecule has 2 aromatic carbocycles. The van der Waals surface area contributed by atoms with Gasteiger partial charge in [-0.15, -0.1) is 11.3 Å². The minimum absolute atomic E-state index is 0.346. The van der Waals surface area contributed by atoms with E-state index in [2.05, 4.69) is 4.98 Å². The second-order valence-electron chi connectivity index (χ2n) is 5.38. The van der Waals surface area contributed by atoms with Gasteiger partial charge in [-0.3, -0.25) is 4.79 Å². The van der Waals surface area contributed by atoms with Crippen molar-refractivity contribution in [1.29, 1.82) is 0 Å². The highest BCUT2D eigenvalue weighted by Crippen LogP contribution is 2.34. The van der Waals surface area contributed by atoms with E-state index in [4.69, 9.17) is 10.5 Å². The molecule has 1 atom stereocenters. The van der Waals surface area contributed by atoms with Crippen LogP contribution in [0.1, 0.15) is 16.6 Å². The number of amides is 1. The van der Waals surface area contributed by atoms with E-state index in [1.807, 2.05) is 60.7 Å². The Balaban J connectivity index is 2.05. The normalized spacial score (nSPS) is 11.7. The molecular weight excluding hydrogens is 336 g/mol. The summed E-state index contributed by atoms with van der Waals surface area (Å²) >= 11 is 1.23. The lowest BCUT2D eigenvalue weighted by molar-refractivity contribution is -0.125. The molecule has 0 spiro atoms. The molecule has 1 heterocycles. The Hall–Kier alpha value is -2.99. The predicted molar refractivity (Wildman–Crippen MR) is 97.1 cm³/mol. The summed E-state index contributed by atoms with van der Waals surface area (Å²) in [5, 5.41) is 0.707. The Labute approximate surface area is 149 Å². The zero-order valence-corrected chi connectivity index (χ0v) is 14.3. The Morgan fingerprint density at radius 1 is 1.00 bits per heavy atom. The van der Waals surface area contributed by atoms with Crippen LogP contribution in [0, 0.1) is 0 Å². The van der Waals surface area contributed by atoms with Crippen molar-refractivity contribution in [2.75, 3.05) is 0 Å². The maximum Gasteiger partial charge on any atom is 0.351 e. The summed E-state index contributed by atoms with van der Waals surface area (Å²) in [7, 11) is 0. The van der Waals surface area contributed by atoms with Crippen molar-refractivity contribution in [2.24, 2.45) is 5.73 Å². The molecule has 5 nitrogen and oxygen atoms in total. The molecule has 1 amide bonds. The maximum absolute atomic E-state index is 12.5. The number of primary amides is 1. The van der Waals surface area contributed by atoms with Crippen LogP contribution in [-0.4, -0.2) is 23.0 Å². The monoisotopic (exact) mass is 352 g/mol. The fourth-order valence-corrected chi connectivity index (χ4v) is 3.20. The van der Waals surface area contributed by atoms with E-state index in [9.17, 15) is 9.59 Å². The van der Waals surface area contributed by atoms with Crippen LogP contribution in [0.15, 0.2) is 60.7 Å². The lowest BCUT2D eigenvalue weighted by atomic mass is 10.1. The summed E-state index contributed by atoms with van der Waals surface area (Å²) in [5.74, 6) is -1.30. The van der Waals surface area contributed by atoms with Crippen molar-refractivity contribution in [2.45, 2.75) is 13.0 Å². The number of carbonyl (C=O) groups is 2. The van der Waals surface area contributed by atoms with Gasteiger partial charge in [0.1, 0.15) is 9.88 Å². The largest absolute Gasteiger partial charge is 0.448 e. The molecule has 2 N–H and O–H groups in total. The highest BCUT2D eigenvalue weighted by molar-refractivity contribution is 7.17. The van der Waals surface area contributed by atoms with Crippen LogP contribution in [0.4, 0.5) is 0 Å². The summed E-state index contributed by atoms with van der Waals surface area (Å²) in [4.78, 5) is 28.7. The van der Waals surface area contributed by atoms with Gasteiger partial charge in [0.15, 0.2) is 6.10 Å². The fourth-order valence-electron chi connectivity index (χ4n) is 2.23. The van der Waals surface area contributed by atoms with Crippen LogP contribution >= 0.6 is 11.3 Å². The molecule has 0 aliphatic carbocycles. The lowest BCUT2D eigenvalue weighted by Gasteiger charge is -2.09. The average molecular weight is 352 g/mol. The SMILES string of the molecule is C[C@H](OC(=O)c1sc(-c2ccccc2)nc1-c1ccccc1)C(N)=O. The average Bonchev–Trinajstić information content (AvgIpc) is 3.08. The number of nitrogens with zero attached hydrogens (tertiary/aromatic N) is 1. The van der Waals surface area contributed by atoms with Crippen molar-refractivity contribution in [3.05, 3.63) is 65.5 Å². The van der Waals surface area contributed by atoms with E-state index in [0.29, 0.717) is 15.6 Å². The lowest BCUT2D eigenvalue weighted by Crippen LogP contribution is -2.30. The quantitative estimate of drug-likeness (QED) is 0.712. The van der Waals surface area contributed by atoms with E-state index >= 15 is 0 Å². The third-order valence-electron chi connectivity index (χ3n) is 3.57. The number of carbonyl (C=O) groups excluding carboxylic acids is 2. The molecule has 0 saturated heterocycles. The number of esters is 1. The maximum atomic E-state index is 12.5. The topological polar surface area (TPSA) is 82.3 Å². The van der Waals surface area contributed by atoms with E-state index in [1.165, 1.54) is 18.3 Å². The van der Waals surface area contributed by atoms with Gasteiger partial charge in [0.25, 0.3) is 5.91 Å². The zero-order valence-electron chi connectivity index (χ0n) is 13.5. The highest BCUT2D eigenvalue weighted by Gasteiger charge is 2.24. The molecule has 0 aliphatic rings. The number of hydrogen-bond acceptors (Lipinski definition) is 5. The molecule has 3 aromatic rings. The van der Waals surface area contributed by atoms with Gasteiger partial charge in [-0.1, -0.05) is 60.7 Å². The number of benzene rings is 2. The number of hydrogen-bond donors (Lipinski definition) is 1. The van der Waals surface area contributed by atoms with Gasteiger partial charge in [-0.05, 0) is 6.92 Å². The molecule has 0 saturated carbocycles. The summed E-state index contributed by atoms with van der Waals surface area (Å²) in [5.41, 5.74) is 7.43. The first kappa shape index (κ1) is 16.9. The molecule has 0 fully saturated rings. The van der Waals surface area contributed by atoms with Crippen molar-refractivity contribution in [3.8, 4) is 21.8 Å². The van der Waals surface area contributed by atoms with E-state index < -0.39 is 18.0 Å². The summed E-state index contributed by atoms with van der Waals surface area (Å²) in [6.07, 6.45) is -1.00. The minimum Gasteiger partial charge on any atom is -0.448 e. The van der Waals surface area contributed by atoms with Crippen LogP contribution in [0.25, 0.3) is 21.8 Å². The second kappa shape index (κ2) is 7.27. The van der Waals surface area contributed by atoms with Gasteiger partial charge < -0.3 is 10.5 Å². The van der Waals surface area contributed by atoms with Crippen molar-refractivity contribution >= 4 is 23.2 Å². The van der Waals surface area contributed by atoms with Crippen molar-refractivity contribution in [1.82, 2.24) is 4.98 Å². The van der Waals surface area contributed by atoms with Gasteiger partial charge in [0, 0.05) is 11.1 Å². The Morgan fingerprint density at radius 3 is 2.12 bits per heavy atom. The number of nitrogens with two attached hydrogens (primary N) is 1. The number of thiazole rings is 1. The second-order valence-corrected chi connectivity index (χ2v) is 6.38. The molecule has 25 heavy (non-hydrogen) atoms. The summed E-state index contributed by atoms with van der Waals surface area (Å²) in [6, 6.07) is 19.0. The van der Waals surface area contributed by atoms with Gasteiger partial charge in [-0.2, -0.15) is 0 Å². The van der Waals surface area contributed by atoms with Crippen LogP contribution in [0.2, 0.25) is 0 Å². The van der Waals surface area contributed by atoms with Gasteiger partial charge in [-0.25, -0.2) is 9.78 Å². The van der Waals surface area contributed by atoms with Crippen LogP contribution < -0.4 is 5.73 Å². The molecular formula is C19H16N2O3S. The molecule has 0 radical (unpaired) electrons. The van der Waals surface area contributed by atoms with Crippen molar-refractivity contribution < 1.29 is 14.3 Å². The number of ether oxygens (including phenoxy) is 1. The molecule has 0 bridgehead atoms. The Bertz CT molecular complexity index is 892. The molecule has 126 valence electrons. The van der Waals surface area contributed by atoms with Gasteiger partial charge in [0.05, 0.1) is 5.69 Å². The van der Waals surface area contributed by atoms with Gasteiger partial charge in [0.2, 0.25) is 0 Å². The zero-order chi connectivity index (χ0) is 17.8. The van der Waals surface area contributed by atoms with Gasteiger partial charge >= 0.3 is 5.97 Å². The summed E-state index contributed by atoms with van der Waals surface area (Å²) in [6.45, 7) is 1.45. The van der Waals surface area contributed by atoms with E-state index in [-0.39, 0.29) is 0 Å². The molecule has 0 unspecified atom stereocenters. The third kappa shape index (κ3) is 3.75. The highest BCUT2D eigenvalue weighted by atomic mass is 32.1. The summed E-state index contributed by atoms with van der Waals surface area (Å²) < 4.78 is 5.17. The first-order valence-corrected chi connectivity index (χ1v) is 8.50. The number of aromatic nitrogens is 1. The molecule has 3 rings (SSSR count). The van der Waals surface area contributed by atoms with Crippen LogP contribution in [0.5, 0.6) is 0 Å². The van der Waals surface area contributed by atoms with E-state index in [1.54, 1.807) is 0 Å². The van der Waals surface area contributed by atoms with Crippen LogP contribution in [-0.2, 0) is 9.53 Å². The standard InChI is InChI=1S/C19H16N2O3S/c1-12(17(20)22)24-19(23)16-15(13-8-4-2-5-9-13)21-18(25-16)14-10-6-3-7-11-14/h2-12H,1H3,(H2,20,22)/t12-/m0/s1. The predicted octanol–water partition coefficient (Wildman–Crippen LogP) is 3.51. The third-order valence-corrected chi connectivity index (χ3v) is 4.65. The van der Waals surface area contributed by atoms with E-state index in [0.717, 1.165) is 11.1 Å². The first-order chi connectivity index (χ1) is 12.1. The van der Waals surface area contributed by atoms with Crippen molar-refractivity contribution in [3.63, 3.8) is 0 Å². The fraction of sp³-hybridized carbons (Fsp3) is 0.105. The molecule has 6 heteroatoms. The minimum atomic E-state index is -1.00. The van der Waals surface area contributed by atoms with Crippen LogP contribution in [0.3, 0.4) is 0 Å². The smallest absolute Gasteiger partial charge is 0.351 e. The first-order valence-electron chi connectivity index (χ1n) is 7.68. The number of rotatable bonds is 5. The Kier molecular flexibility index (Phi) is 4.90.